The normalized spacial score (nSPS) is 15.7. The van der Waals surface area contributed by atoms with E-state index in [1.807, 2.05) is 66.6 Å². The number of rotatable bonds is 3. The molecule has 0 radical (unpaired) electrons. The Morgan fingerprint density at radius 3 is 2.35 bits per heavy atom. The second-order valence-electron chi connectivity index (χ2n) is 8.24. The Morgan fingerprint density at radius 2 is 1.70 bits per heavy atom. The molecule has 1 fully saturated rings. The van der Waals surface area contributed by atoms with E-state index in [2.05, 4.69) is 15.3 Å². The van der Waals surface area contributed by atoms with E-state index in [0.29, 0.717) is 25.3 Å². The monoisotopic (exact) mass is 513 g/mol. The van der Waals surface area contributed by atoms with E-state index in [1.165, 1.54) is 0 Å². The van der Waals surface area contributed by atoms with Crippen LogP contribution in [-0.2, 0) is 9.53 Å². The van der Waals surface area contributed by atoms with Crippen molar-refractivity contribution in [3.8, 4) is 11.1 Å². The van der Waals surface area contributed by atoms with E-state index in [4.69, 9.17) is 14.6 Å². The highest BCUT2D eigenvalue weighted by molar-refractivity contribution is 5.94. The smallest absolute Gasteiger partial charge is 0.475 e. The summed E-state index contributed by atoms with van der Waals surface area (Å²) < 4.78 is 39.5. The van der Waals surface area contributed by atoms with Crippen LogP contribution >= 0.6 is 0 Å². The van der Waals surface area contributed by atoms with Gasteiger partial charge in [0.05, 0.1) is 18.7 Å². The minimum absolute atomic E-state index is 0.0137. The number of carboxylic acid groups (broad SMARTS) is 1. The Labute approximate surface area is 209 Å². The van der Waals surface area contributed by atoms with Crippen molar-refractivity contribution < 1.29 is 32.6 Å². The number of amides is 1. The van der Waals surface area contributed by atoms with Gasteiger partial charge in [-0.2, -0.15) is 13.2 Å². The molecule has 9 nitrogen and oxygen atoms in total. The summed E-state index contributed by atoms with van der Waals surface area (Å²) in [6.07, 6.45) is 0.0838. The van der Waals surface area contributed by atoms with Gasteiger partial charge in [-0.25, -0.2) is 9.31 Å². The number of aromatic nitrogens is 4. The van der Waals surface area contributed by atoms with Crippen molar-refractivity contribution in [3.63, 3.8) is 0 Å². The van der Waals surface area contributed by atoms with Crippen LogP contribution in [0, 0.1) is 6.92 Å². The minimum Gasteiger partial charge on any atom is -0.475 e. The van der Waals surface area contributed by atoms with Crippen molar-refractivity contribution in [3.05, 3.63) is 83.9 Å². The molecule has 192 valence electrons. The SMILES string of the molecule is Cc1ccc(C(=O)N2CCOC(c3nnn4cc(-c5ccncc5)ccc34)C2)cc1.O=C(O)C(F)(F)F. The number of pyridine rings is 2. The molecule has 1 aliphatic rings. The predicted molar refractivity (Wildman–Crippen MR) is 126 cm³/mol. The first kappa shape index (κ1) is 25.8. The van der Waals surface area contributed by atoms with Crippen LogP contribution in [0.5, 0.6) is 0 Å². The van der Waals surface area contributed by atoms with Crippen LogP contribution < -0.4 is 0 Å². The minimum atomic E-state index is -5.08. The highest BCUT2D eigenvalue weighted by atomic mass is 19.4. The second kappa shape index (κ2) is 10.7. The lowest BCUT2D eigenvalue weighted by atomic mass is 10.1. The van der Waals surface area contributed by atoms with Crippen molar-refractivity contribution in [2.24, 2.45) is 0 Å². The third kappa shape index (κ3) is 6.09. The number of hydrogen-bond acceptors (Lipinski definition) is 6. The van der Waals surface area contributed by atoms with Crippen molar-refractivity contribution >= 4 is 17.4 Å². The molecule has 0 saturated carbocycles. The number of morpholine rings is 1. The average Bonchev–Trinajstić information content (AvgIpc) is 3.32. The summed E-state index contributed by atoms with van der Waals surface area (Å²) in [6.45, 7) is 3.49. The number of hydrogen-bond donors (Lipinski definition) is 1. The van der Waals surface area contributed by atoms with Gasteiger partial charge in [-0.15, -0.1) is 5.10 Å². The third-order valence-electron chi connectivity index (χ3n) is 5.65. The molecular formula is C25H22F3N5O4. The number of carbonyl (C=O) groups excluding carboxylic acids is 1. The zero-order valence-electron chi connectivity index (χ0n) is 19.6. The Kier molecular flexibility index (Phi) is 7.48. The van der Waals surface area contributed by atoms with E-state index in [1.54, 1.807) is 16.9 Å². The standard InChI is InChI=1S/C23H21N5O2.C2HF3O2/c1-16-2-4-18(5-3-16)23(29)27-12-13-30-21(15-27)22-20-7-6-19(14-28(20)26-25-22)17-8-10-24-11-9-17;3-2(4,5)1(6)7/h2-11,14,21H,12-13,15H2,1H3;(H,6,7). The number of carboxylic acids is 1. The fraction of sp³-hybridized carbons (Fsp3) is 0.240. The van der Waals surface area contributed by atoms with Crippen LogP contribution in [-0.4, -0.2) is 67.6 Å². The average molecular weight is 513 g/mol. The van der Waals surface area contributed by atoms with Gasteiger partial charge in [0.2, 0.25) is 0 Å². The Balaban J connectivity index is 0.000000405. The number of carbonyl (C=O) groups is 2. The largest absolute Gasteiger partial charge is 0.490 e. The molecular weight excluding hydrogens is 491 g/mol. The number of benzene rings is 1. The summed E-state index contributed by atoms with van der Waals surface area (Å²) >= 11 is 0. The maximum Gasteiger partial charge on any atom is 0.490 e. The van der Waals surface area contributed by atoms with Crippen LogP contribution in [0.1, 0.15) is 27.7 Å². The molecule has 4 aromatic rings. The number of halogens is 3. The highest BCUT2D eigenvalue weighted by Gasteiger charge is 2.38. The Morgan fingerprint density at radius 1 is 1.03 bits per heavy atom. The second-order valence-corrected chi connectivity index (χ2v) is 8.24. The molecule has 4 heterocycles. The number of aliphatic carboxylic acids is 1. The zero-order chi connectivity index (χ0) is 26.6. The summed E-state index contributed by atoms with van der Waals surface area (Å²) in [5.41, 5.74) is 5.54. The maximum atomic E-state index is 12.9. The number of aryl methyl sites for hydroxylation is 1. The van der Waals surface area contributed by atoms with Crippen LogP contribution in [0.3, 0.4) is 0 Å². The van der Waals surface area contributed by atoms with Gasteiger partial charge in [0.1, 0.15) is 11.8 Å². The van der Waals surface area contributed by atoms with E-state index in [-0.39, 0.29) is 12.0 Å². The molecule has 1 unspecified atom stereocenters. The topological polar surface area (TPSA) is 110 Å². The van der Waals surface area contributed by atoms with Crippen molar-refractivity contribution in [1.29, 1.82) is 0 Å². The molecule has 1 atom stereocenters. The van der Waals surface area contributed by atoms with Gasteiger partial charge >= 0.3 is 12.1 Å². The van der Waals surface area contributed by atoms with Gasteiger partial charge < -0.3 is 14.7 Å². The summed E-state index contributed by atoms with van der Waals surface area (Å²) in [7, 11) is 0. The van der Waals surface area contributed by atoms with Crippen LogP contribution in [0.4, 0.5) is 13.2 Å². The fourth-order valence-electron chi connectivity index (χ4n) is 3.74. The molecule has 1 saturated heterocycles. The fourth-order valence-corrected chi connectivity index (χ4v) is 3.74. The molecule has 1 aliphatic heterocycles. The van der Waals surface area contributed by atoms with Gasteiger partial charge in [-0.05, 0) is 42.8 Å². The highest BCUT2D eigenvalue weighted by Crippen LogP contribution is 2.27. The van der Waals surface area contributed by atoms with Crippen LogP contribution in [0.25, 0.3) is 16.6 Å². The molecule has 37 heavy (non-hydrogen) atoms. The first-order valence-electron chi connectivity index (χ1n) is 11.2. The molecule has 3 aromatic heterocycles. The Bertz CT molecular complexity index is 1390. The number of alkyl halides is 3. The lowest BCUT2D eigenvalue weighted by molar-refractivity contribution is -0.192. The van der Waals surface area contributed by atoms with E-state index in [9.17, 15) is 18.0 Å². The number of fused-ring (bicyclic) bond motifs is 1. The summed E-state index contributed by atoms with van der Waals surface area (Å²) in [5, 5.41) is 15.8. The molecule has 1 N–H and O–H groups in total. The van der Waals surface area contributed by atoms with Crippen LogP contribution in [0.2, 0.25) is 0 Å². The molecule has 5 rings (SSSR count). The van der Waals surface area contributed by atoms with E-state index in [0.717, 1.165) is 27.9 Å². The first-order valence-corrected chi connectivity index (χ1v) is 11.2. The van der Waals surface area contributed by atoms with Gasteiger partial charge in [-0.3, -0.25) is 9.78 Å². The Hall–Kier alpha value is -4.32. The zero-order valence-corrected chi connectivity index (χ0v) is 19.6. The van der Waals surface area contributed by atoms with E-state index >= 15 is 0 Å². The molecule has 12 heteroatoms. The molecule has 0 spiro atoms. The van der Waals surface area contributed by atoms with Gasteiger partial charge in [-0.1, -0.05) is 29.0 Å². The lowest BCUT2D eigenvalue weighted by Crippen LogP contribution is -2.42. The van der Waals surface area contributed by atoms with Gasteiger partial charge in [0.15, 0.2) is 0 Å². The molecule has 1 amide bonds. The van der Waals surface area contributed by atoms with Gasteiger partial charge in [0.25, 0.3) is 5.91 Å². The van der Waals surface area contributed by atoms with Crippen molar-refractivity contribution in [1.82, 2.24) is 24.7 Å². The first-order chi connectivity index (χ1) is 17.6. The van der Waals surface area contributed by atoms with Gasteiger partial charge in [0, 0.05) is 36.3 Å². The summed E-state index contributed by atoms with van der Waals surface area (Å²) in [4.78, 5) is 27.7. The summed E-state index contributed by atoms with van der Waals surface area (Å²) in [5.74, 6) is -2.74. The molecule has 0 bridgehead atoms. The third-order valence-corrected chi connectivity index (χ3v) is 5.65. The predicted octanol–water partition coefficient (Wildman–Crippen LogP) is 3.95. The maximum absolute atomic E-state index is 12.9. The number of nitrogens with zero attached hydrogens (tertiary/aromatic N) is 5. The molecule has 1 aromatic carbocycles. The van der Waals surface area contributed by atoms with E-state index < -0.39 is 12.1 Å². The molecule has 0 aliphatic carbocycles. The summed E-state index contributed by atoms with van der Waals surface area (Å²) in [6, 6.07) is 15.6. The number of ether oxygens (including phenoxy) is 1. The van der Waals surface area contributed by atoms with Crippen molar-refractivity contribution in [2.45, 2.75) is 19.2 Å². The lowest BCUT2D eigenvalue weighted by Gasteiger charge is -2.32. The van der Waals surface area contributed by atoms with Crippen molar-refractivity contribution in [2.75, 3.05) is 19.7 Å². The quantitative estimate of drug-likeness (QED) is 0.442. The van der Waals surface area contributed by atoms with Crippen LogP contribution in [0.15, 0.2) is 67.1 Å².